The summed E-state index contributed by atoms with van der Waals surface area (Å²) in [5.41, 5.74) is 2.96. The third-order valence-electron chi connectivity index (χ3n) is 4.80. The maximum atomic E-state index is 14.0. The van der Waals surface area contributed by atoms with Crippen LogP contribution in [-0.2, 0) is 0 Å². The third kappa shape index (κ3) is 3.38. The van der Waals surface area contributed by atoms with E-state index in [2.05, 4.69) is 36.0 Å². The second kappa shape index (κ2) is 6.75. The molecule has 1 aliphatic heterocycles. The quantitative estimate of drug-likeness (QED) is 0.921. The first-order valence-corrected chi connectivity index (χ1v) is 7.90. The van der Waals surface area contributed by atoms with Gasteiger partial charge in [0, 0.05) is 37.4 Å². The molecule has 0 saturated carbocycles. The maximum absolute atomic E-state index is 14.0. The van der Waals surface area contributed by atoms with Gasteiger partial charge in [0.15, 0.2) is 0 Å². The topological polar surface area (TPSA) is 18.5 Å². The molecule has 2 rings (SSSR count). The predicted octanol–water partition coefficient (Wildman–Crippen LogP) is 2.94. The summed E-state index contributed by atoms with van der Waals surface area (Å²) >= 11 is 0. The molecule has 0 aromatic heterocycles. The number of benzene rings is 1. The molecule has 1 heterocycles. The Labute approximate surface area is 128 Å². The second-order valence-corrected chi connectivity index (χ2v) is 6.16. The van der Waals surface area contributed by atoms with Gasteiger partial charge >= 0.3 is 0 Å². The van der Waals surface area contributed by atoms with Crippen molar-refractivity contribution in [1.29, 1.82) is 0 Å². The van der Waals surface area contributed by atoms with Crippen molar-refractivity contribution in [2.24, 2.45) is 0 Å². The summed E-state index contributed by atoms with van der Waals surface area (Å²) in [6.45, 7) is 9.24. The first-order chi connectivity index (χ1) is 9.97. The molecular weight excluding hydrogens is 265 g/mol. The Morgan fingerprint density at radius 2 is 2.10 bits per heavy atom. The van der Waals surface area contributed by atoms with Crippen LogP contribution in [0.3, 0.4) is 0 Å². The number of hydrogen-bond donors (Lipinski definition) is 1. The lowest BCUT2D eigenvalue weighted by atomic mass is 10.0. The lowest BCUT2D eigenvalue weighted by molar-refractivity contribution is 0.213. The summed E-state index contributed by atoms with van der Waals surface area (Å²) in [5.74, 6) is -0.114. The van der Waals surface area contributed by atoms with Gasteiger partial charge in [0.05, 0.1) is 0 Å². The molecule has 3 nitrogen and oxygen atoms in total. The van der Waals surface area contributed by atoms with Crippen LogP contribution in [0.5, 0.6) is 0 Å². The summed E-state index contributed by atoms with van der Waals surface area (Å²) in [7, 11) is 4.11. The van der Waals surface area contributed by atoms with Crippen molar-refractivity contribution in [1.82, 2.24) is 10.2 Å². The summed E-state index contributed by atoms with van der Waals surface area (Å²) < 4.78 is 14.0. The number of piperazine rings is 1. The lowest BCUT2D eigenvalue weighted by Gasteiger charge is -2.41. The van der Waals surface area contributed by atoms with Crippen LogP contribution in [0.4, 0.5) is 10.1 Å². The number of aryl methyl sites for hydroxylation is 1. The van der Waals surface area contributed by atoms with E-state index in [4.69, 9.17) is 0 Å². The molecule has 118 valence electrons. The molecule has 1 saturated heterocycles. The largest absolute Gasteiger partial charge is 0.368 e. The van der Waals surface area contributed by atoms with E-state index in [1.165, 1.54) is 5.69 Å². The van der Waals surface area contributed by atoms with Crippen molar-refractivity contribution < 1.29 is 4.39 Å². The number of hydrogen-bond acceptors (Lipinski definition) is 3. The highest BCUT2D eigenvalue weighted by molar-refractivity contribution is 5.57. The number of halogens is 1. The van der Waals surface area contributed by atoms with E-state index in [1.54, 1.807) is 6.07 Å². The highest BCUT2D eigenvalue weighted by Crippen LogP contribution is 2.31. The maximum Gasteiger partial charge on any atom is 0.126 e. The Hall–Kier alpha value is -1.13. The molecule has 1 aliphatic rings. The van der Waals surface area contributed by atoms with Gasteiger partial charge in [-0.15, -0.1) is 0 Å². The average molecular weight is 293 g/mol. The van der Waals surface area contributed by atoms with Crippen LogP contribution in [0.1, 0.15) is 37.4 Å². The molecule has 4 heteroatoms. The van der Waals surface area contributed by atoms with Crippen molar-refractivity contribution in [3.63, 3.8) is 0 Å². The summed E-state index contributed by atoms with van der Waals surface area (Å²) in [5, 5.41) is 3.24. The van der Waals surface area contributed by atoms with Gasteiger partial charge in [-0.05, 0) is 57.6 Å². The molecule has 0 aliphatic carbocycles. The molecule has 21 heavy (non-hydrogen) atoms. The Balaban J connectivity index is 2.35. The number of rotatable bonds is 4. The molecule has 2 atom stereocenters. The molecule has 0 amide bonds. The predicted molar refractivity (Wildman–Crippen MR) is 87.5 cm³/mol. The molecule has 1 aromatic carbocycles. The summed E-state index contributed by atoms with van der Waals surface area (Å²) in [6, 6.07) is 4.43. The number of nitrogens with zero attached hydrogens (tertiary/aromatic N) is 2. The van der Waals surface area contributed by atoms with Gasteiger partial charge in [0.1, 0.15) is 5.82 Å². The van der Waals surface area contributed by atoms with Crippen LogP contribution in [-0.4, -0.2) is 44.7 Å². The zero-order valence-electron chi connectivity index (χ0n) is 13.9. The second-order valence-electron chi connectivity index (χ2n) is 6.16. The molecule has 0 radical (unpaired) electrons. The first kappa shape index (κ1) is 16.2. The number of nitrogens with one attached hydrogen (secondary N) is 1. The SMILES string of the molecule is CCC1CN(c2cc(C)c(F)cc2C(C)NC)CCN1C. The van der Waals surface area contributed by atoms with E-state index in [0.29, 0.717) is 6.04 Å². The van der Waals surface area contributed by atoms with E-state index >= 15 is 0 Å². The van der Waals surface area contributed by atoms with Gasteiger partial charge in [-0.1, -0.05) is 6.92 Å². The first-order valence-electron chi connectivity index (χ1n) is 7.90. The molecule has 1 aromatic rings. The van der Waals surface area contributed by atoms with Crippen LogP contribution in [0.15, 0.2) is 12.1 Å². The van der Waals surface area contributed by atoms with Crippen LogP contribution in [0.25, 0.3) is 0 Å². The fourth-order valence-corrected chi connectivity index (χ4v) is 3.06. The van der Waals surface area contributed by atoms with Gasteiger partial charge in [-0.25, -0.2) is 4.39 Å². The fraction of sp³-hybridized carbons (Fsp3) is 0.647. The van der Waals surface area contributed by atoms with Crippen molar-refractivity contribution in [3.8, 4) is 0 Å². The number of anilines is 1. The zero-order chi connectivity index (χ0) is 15.6. The van der Waals surface area contributed by atoms with Gasteiger partial charge in [0.25, 0.3) is 0 Å². The molecule has 0 bridgehead atoms. The van der Waals surface area contributed by atoms with Crippen molar-refractivity contribution in [3.05, 3.63) is 29.1 Å². The van der Waals surface area contributed by atoms with Crippen LogP contribution < -0.4 is 10.2 Å². The van der Waals surface area contributed by atoms with Gasteiger partial charge < -0.3 is 10.2 Å². The zero-order valence-corrected chi connectivity index (χ0v) is 13.9. The Morgan fingerprint density at radius 3 is 2.71 bits per heavy atom. The van der Waals surface area contributed by atoms with E-state index in [0.717, 1.165) is 37.2 Å². The van der Waals surface area contributed by atoms with Crippen LogP contribution >= 0.6 is 0 Å². The van der Waals surface area contributed by atoms with Gasteiger partial charge in [-0.2, -0.15) is 0 Å². The minimum absolute atomic E-state index is 0.114. The minimum atomic E-state index is -0.114. The van der Waals surface area contributed by atoms with E-state index < -0.39 is 0 Å². The van der Waals surface area contributed by atoms with Crippen molar-refractivity contribution in [2.45, 2.75) is 39.3 Å². The van der Waals surface area contributed by atoms with Crippen molar-refractivity contribution >= 4 is 5.69 Å². The Kier molecular flexibility index (Phi) is 5.22. The highest BCUT2D eigenvalue weighted by atomic mass is 19.1. The third-order valence-corrected chi connectivity index (χ3v) is 4.80. The van der Waals surface area contributed by atoms with E-state index in [1.807, 2.05) is 20.0 Å². The average Bonchev–Trinajstić information content (AvgIpc) is 2.49. The van der Waals surface area contributed by atoms with Gasteiger partial charge in [-0.3, -0.25) is 4.90 Å². The molecule has 0 spiro atoms. The Morgan fingerprint density at radius 1 is 1.38 bits per heavy atom. The van der Waals surface area contributed by atoms with Crippen molar-refractivity contribution in [2.75, 3.05) is 38.6 Å². The normalized spacial score (nSPS) is 21.6. The van der Waals surface area contributed by atoms with E-state index in [9.17, 15) is 4.39 Å². The minimum Gasteiger partial charge on any atom is -0.368 e. The molecule has 2 unspecified atom stereocenters. The molecular formula is C17H28FN3. The van der Waals surface area contributed by atoms with Gasteiger partial charge in [0.2, 0.25) is 0 Å². The molecule has 1 N–H and O–H groups in total. The van der Waals surface area contributed by atoms with E-state index in [-0.39, 0.29) is 11.9 Å². The van der Waals surface area contributed by atoms with Crippen LogP contribution in [0.2, 0.25) is 0 Å². The monoisotopic (exact) mass is 293 g/mol. The smallest absolute Gasteiger partial charge is 0.126 e. The standard InChI is InChI=1S/C17H28FN3/c1-6-14-11-21(8-7-20(14)5)17-9-12(2)16(18)10-15(17)13(3)19-4/h9-10,13-14,19H,6-8,11H2,1-5H3. The lowest BCUT2D eigenvalue weighted by Crippen LogP contribution is -2.51. The molecule has 1 fully saturated rings. The Bertz CT molecular complexity index is 489. The summed E-state index contributed by atoms with van der Waals surface area (Å²) in [4.78, 5) is 4.85. The van der Waals surface area contributed by atoms with Crippen LogP contribution in [0, 0.1) is 12.7 Å². The highest BCUT2D eigenvalue weighted by Gasteiger charge is 2.25. The number of likely N-dealkylation sites (N-methyl/N-ethyl adjacent to an activating group) is 1. The summed E-state index contributed by atoms with van der Waals surface area (Å²) in [6.07, 6.45) is 1.14. The fourth-order valence-electron chi connectivity index (χ4n) is 3.06.